The molecule has 0 aromatic heterocycles. The van der Waals surface area contributed by atoms with Crippen molar-refractivity contribution in [2.75, 3.05) is 18.9 Å². The number of ether oxygens (including phenoxy) is 1. The van der Waals surface area contributed by atoms with Gasteiger partial charge in [-0.25, -0.2) is 4.39 Å². The summed E-state index contributed by atoms with van der Waals surface area (Å²) in [6.07, 6.45) is 1.07. The highest BCUT2D eigenvalue weighted by molar-refractivity contribution is 5.49. The van der Waals surface area contributed by atoms with Gasteiger partial charge in [-0.2, -0.15) is 0 Å². The predicted octanol–water partition coefficient (Wildman–Crippen LogP) is 1.87. The van der Waals surface area contributed by atoms with Crippen LogP contribution in [-0.4, -0.2) is 18.3 Å². The quantitative estimate of drug-likeness (QED) is 0.755. The van der Waals surface area contributed by atoms with Gasteiger partial charge in [0.1, 0.15) is 5.82 Å². The highest BCUT2D eigenvalue weighted by Gasteiger charge is 2.25. The smallest absolute Gasteiger partial charge is 0.146 e. The van der Waals surface area contributed by atoms with E-state index in [0.29, 0.717) is 12.2 Å². The fraction of sp³-hybridized carbons (Fsp3) is 0.500. The number of hydrogen-bond donors (Lipinski definition) is 2. The molecule has 2 rings (SSSR count). The number of para-hydroxylation sites is 1. The number of hydrogen-bond acceptors (Lipinski definition) is 3. The Morgan fingerprint density at radius 2 is 2.31 bits per heavy atom. The number of nitrogen functional groups attached to an aromatic ring is 1. The Morgan fingerprint density at radius 3 is 3.00 bits per heavy atom. The van der Waals surface area contributed by atoms with E-state index >= 15 is 0 Å². The molecule has 1 heterocycles. The summed E-state index contributed by atoms with van der Waals surface area (Å²) in [5.74, 6) is -0.467. The second-order valence-electron chi connectivity index (χ2n) is 4.16. The first-order valence-corrected chi connectivity index (χ1v) is 5.50. The predicted molar refractivity (Wildman–Crippen MR) is 59.3 cm³/mol. The molecular formula is C12H16FNO2. The lowest BCUT2D eigenvalue weighted by atomic mass is 9.90. The molecule has 0 spiro atoms. The van der Waals surface area contributed by atoms with Gasteiger partial charge in [0.25, 0.3) is 0 Å². The van der Waals surface area contributed by atoms with Crippen molar-refractivity contribution in [2.24, 2.45) is 5.92 Å². The monoisotopic (exact) mass is 225 g/mol. The Kier molecular flexibility index (Phi) is 3.41. The summed E-state index contributed by atoms with van der Waals surface area (Å²) >= 11 is 0. The van der Waals surface area contributed by atoms with Crippen molar-refractivity contribution in [1.82, 2.24) is 0 Å². The molecule has 1 fully saturated rings. The maximum atomic E-state index is 13.2. The third-order valence-electron chi connectivity index (χ3n) is 3.05. The Hall–Kier alpha value is -1.13. The highest BCUT2D eigenvalue weighted by Crippen LogP contribution is 2.32. The normalized spacial score (nSPS) is 23.0. The average molecular weight is 225 g/mol. The topological polar surface area (TPSA) is 55.5 Å². The van der Waals surface area contributed by atoms with Gasteiger partial charge in [0.2, 0.25) is 0 Å². The fourth-order valence-electron chi connectivity index (χ4n) is 2.08. The van der Waals surface area contributed by atoms with Gasteiger partial charge in [0.05, 0.1) is 18.4 Å². The zero-order valence-electron chi connectivity index (χ0n) is 9.03. The van der Waals surface area contributed by atoms with Crippen LogP contribution >= 0.6 is 0 Å². The van der Waals surface area contributed by atoms with Gasteiger partial charge in [-0.15, -0.1) is 0 Å². The van der Waals surface area contributed by atoms with Crippen LogP contribution in [0.25, 0.3) is 0 Å². The van der Waals surface area contributed by atoms with Crippen LogP contribution < -0.4 is 5.73 Å². The minimum atomic E-state index is -0.740. The van der Waals surface area contributed by atoms with Crippen molar-refractivity contribution in [3.63, 3.8) is 0 Å². The third kappa shape index (κ3) is 2.18. The van der Waals surface area contributed by atoms with Crippen molar-refractivity contribution >= 4 is 5.69 Å². The number of halogens is 1. The summed E-state index contributed by atoms with van der Waals surface area (Å²) < 4.78 is 18.5. The first-order chi connectivity index (χ1) is 7.70. The van der Waals surface area contributed by atoms with E-state index in [0.717, 1.165) is 19.4 Å². The van der Waals surface area contributed by atoms with Crippen LogP contribution in [-0.2, 0) is 4.74 Å². The molecule has 16 heavy (non-hydrogen) atoms. The summed E-state index contributed by atoms with van der Waals surface area (Å²) in [6.45, 7) is 1.25. The van der Waals surface area contributed by atoms with Gasteiger partial charge in [-0.1, -0.05) is 12.1 Å². The van der Waals surface area contributed by atoms with Gasteiger partial charge in [-0.3, -0.25) is 0 Å². The molecule has 0 aliphatic carbocycles. The van der Waals surface area contributed by atoms with Crippen LogP contribution in [0.15, 0.2) is 18.2 Å². The molecule has 1 saturated heterocycles. The van der Waals surface area contributed by atoms with E-state index < -0.39 is 11.9 Å². The molecule has 88 valence electrons. The molecule has 1 aliphatic heterocycles. The van der Waals surface area contributed by atoms with Crippen LogP contribution in [0, 0.1) is 11.7 Å². The van der Waals surface area contributed by atoms with Crippen LogP contribution in [0.4, 0.5) is 10.1 Å². The standard InChI is InChI=1S/C12H16FNO2/c13-10-5-1-4-9(11(10)14)12(15)8-3-2-6-16-7-8/h1,4-5,8,12,15H,2-3,6-7,14H2. The van der Waals surface area contributed by atoms with Crippen molar-refractivity contribution in [2.45, 2.75) is 18.9 Å². The zero-order valence-corrected chi connectivity index (χ0v) is 9.03. The molecule has 1 aromatic carbocycles. The minimum absolute atomic E-state index is 0.0119. The van der Waals surface area contributed by atoms with Gasteiger partial charge in [0.15, 0.2) is 0 Å². The SMILES string of the molecule is Nc1c(F)cccc1C(O)C1CCCOC1. The van der Waals surface area contributed by atoms with Crippen molar-refractivity contribution in [3.8, 4) is 0 Å². The van der Waals surface area contributed by atoms with Gasteiger partial charge < -0.3 is 15.6 Å². The van der Waals surface area contributed by atoms with Crippen molar-refractivity contribution < 1.29 is 14.2 Å². The molecule has 3 nitrogen and oxygen atoms in total. The minimum Gasteiger partial charge on any atom is -0.396 e. The van der Waals surface area contributed by atoms with E-state index in [1.165, 1.54) is 6.07 Å². The molecule has 3 N–H and O–H groups in total. The maximum Gasteiger partial charge on any atom is 0.146 e. The zero-order chi connectivity index (χ0) is 11.5. The van der Waals surface area contributed by atoms with Crippen molar-refractivity contribution in [3.05, 3.63) is 29.6 Å². The van der Waals surface area contributed by atoms with E-state index in [2.05, 4.69) is 0 Å². The van der Waals surface area contributed by atoms with Crippen molar-refractivity contribution in [1.29, 1.82) is 0 Å². The Balaban J connectivity index is 2.19. The first-order valence-electron chi connectivity index (χ1n) is 5.50. The molecule has 0 radical (unpaired) electrons. The first kappa shape index (κ1) is 11.4. The summed E-state index contributed by atoms with van der Waals surface area (Å²) in [6, 6.07) is 4.52. The molecule has 0 bridgehead atoms. The van der Waals surface area contributed by atoms with Gasteiger partial charge in [0, 0.05) is 18.1 Å². The number of benzene rings is 1. The number of nitrogens with two attached hydrogens (primary N) is 1. The molecule has 1 aliphatic rings. The van der Waals surface area contributed by atoms with E-state index in [4.69, 9.17) is 10.5 Å². The fourth-order valence-corrected chi connectivity index (χ4v) is 2.08. The lowest BCUT2D eigenvalue weighted by molar-refractivity contribution is -0.00976. The van der Waals surface area contributed by atoms with E-state index in [9.17, 15) is 9.50 Å². The van der Waals surface area contributed by atoms with Crippen LogP contribution in [0.3, 0.4) is 0 Å². The Bertz CT molecular complexity index is 364. The molecule has 2 atom stereocenters. The van der Waals surface area contributed by atoms with Gasteiger partial charge >= 0.3 is 0 Å². The van der Waals surface area contributed by atoms with E-state index in [1.807, 2.05) is 0 Å². The lowest BCUT2D eigenvalue weighted by Gasteiger charge is -2.27. The van der Waals surface area contributed by atoms with Gasteiger partial charge in [-0.05, 0) is 18.9 Å². The molecule has 0 amide bonds. The largest absolute Gasteiger partial charge is 0.396 e. The number of anilines is 1. The van der Waals surface area contributed by atoms with Crippen LogP contribution in [0.5, 0.6) is 0 Å². The number of aliphatic hydroxyl groups excluding tert-OH is 1. The van der Waals surface area contributed by atoms with Crippen LogP contribution in [0.1, 0.15) is 24.5 Å². The van der Waals surface area contributed by atoms with E-state index in [1.54, 1.807) is 12.1 Å². The Morgan fingerprint density at radius 1 is 1.50 bits per heavy atom. The number of rotatable bonds is 2. The molecule has 4 heteroatoms. The molecule has 0 saturated carbocycles. The Labute approximate surface area is 94.0 Å². The van der Waals surface area contributed by atoms with E-state index in [-0.39, 0.29) is 11.6 Å². The molecule has 2 unspecified atom stereocenters. The van der Waals surface area contributed by atoms with Crippen LogP contribution in [0.2, 0.25) is 0 Å². The third-order valence-corrected chi connectivity index (χ3v) is 3.05. The second-order valence-corrected chi connectivity index (χ2v) is 4.16. The lowest BCUT2D eigenvalue weighted by Crippen LogP contribution is -2.24. The number of aliphatic hydroxyl groups is 1. The highest BCUT2D eigenvalue weighted by atomic mass is 19.1. The summed E-state index contributed by atoms with van der Waals surface area (Å²) in [5.41, 5.74) is 6.12. The second kappa shape index (κ2) is 4.80. The maximum absolute atomic E-state index is 13.2. The molecular weight excluding hydrogens is 209 g/mol. The molecule has 1 aromatic rings. The summed E-state index contributed by atoms with van der Waals surface area (Å²) in [5, 5.41) is 10.1. The summed E-state index contributed by atoms with van der Waals surface area (Å²) in [7, 11) is 0. The average Bonchev–Trinajstić information content (AvgIpc) is 2.33. The summed E-state index contributed by atoms with van der Waals surface area (Å²) in [4.78, 5) is 0.